The van der Waals surface area contributed by atoms with E-state index in [1.807, 2.05) is 37.3 Å². The predicted molar refractivity (Wildman–Crippen MR) is 167 cm³/mol. The quantitative estimate of drug-likeness (QED) is 0.119. The number of amides is 1. The molecule has 1 aliphatic rings. The number of allylic oxidation sites excluding steroid dienone is 1. The number of ether oxygens (including phenoxy) is 4. The Morgan fingerprint density at radius 2 is 1.81 bits per heavy atom. The molecule has 4 rings (SSSR count). The summed E-state index contributed by atoms with van der Waals surface area (Å²) in [5.41, 5.74) is 6.97. The number of para-hydroxylation sites is 1. The molecule has 3 aromatic rings. The number of hydrogen-bond acceptors (Lipinski definition) is 8. The summed E-state index contributed by atoms with van der Waals surface area (Å²) in [6.45, 7) is 5.85. The lowest BCUT2D eigenvalue weighted by atomic mass is 9.95. The van der Waals surface area contributed by atoms with Crippen LogP contribution in [0.3, 0.4) is 0 Å². The molecule has 0 saturated carbocycles. The highest BCUT2D eigenvalue weighted by Crippen LogP contribution is 2.33. The Balaban J connectivity index is 1.37. The third-order valence-electron chi connectivity index (χ3n) is 6.42. The first-order valence-electron chi connectivity index (χ1n) is 13.6. The number of methoxy groups -OCH3 is 1. The summed E-state index contributed by atoms with van der Waals surface area (Å²) < 4.78 is 22.5. The predicted octanol–water partition coefficient (Wildman–Crippen LogP) is 4.47. The average Bonchev–Trinajstić information content (AvgIpc) is 2.99. The Morgan fingerprint density at radius 3 is 2.58 bits per heavy atom. The standard InChI is InChI=1S/C32H34N4O6S/c1-5-40-31(38)29-21(3)34-32(43)35-30(29)24-11-6-7-12-25(24)42-19-28(37)36-33-17-22-13-14-26(27(16-22)39-4)41-18-23-10-8-9-20(2)15-23/h6-17,30H,5,18-19H2,1-4H3,(H,36,37)(H2,34,35,43)/t30-/m0/s1. The van der Waals surface area contributed by atoms with Crippen LogP contribution in [0.15, 0.2) is 83.1 Å². The fourth-order valence-corrected chi connectivity index (χ4v) is 4.73. The maximum absolute atomic E-state index is 12.7. The lowest BCUT2D eigenvalue weighted by Crippen LogP contribution is -2.45. The first-order valence-corrected chi connectivity index (χ1v) is 14.0. The van der Waals surface area contributed by atoms with Crippen molar-refractivity contribution in [1.82, 2.24) is 16.1 Å². The van der Waals surface area contributed by atoms with Crippen molar-refractivity contribution in [1.29, 1.82) is 0 Å². The number of hydrazone groups is 1. The molecule has 1 heterocycles. The second-order valence-electron chi connectivity index (χ2n) is 9.60. The average molecular weight is 603 g/mol. The van der Waals surface area contributed by atoms with Gasteiger partial charge in [0.25, 0.3) is 5.91 Å². The monoisotopic (exact) mass is 602 g/mol. The van der Waals surface area contributed by atoms with Gasteiger partial charge in [-0.05, 0) is 68.4 Å². The molecule has 0 bridgehead atoms. The van der Waals surface area contributed by atoms with Gasteiger partial charge in [0.1, 0.15) is 12.4 Å². The second kappa shape index (κ2) is 14.8. The molecule has 1 atom stereocenters. The van der Waals surface area contributed by atoms with E-state index in [2.05, 4.69) is 27.2 Å². The van der Waals surface area contributed by atoms with E-state index in [4.69, 9.17) is 31.2 Å². The van der Waals surface area contributed by atoms with Gasteiger partial charge in [-0.2, -0.15) is 5.10 Å². The molecule has 0 spiro atoms. The maximum Gasteiger partial charge on any atom is 0.338 e. The van der Waals surface area contributed by atoms with Gasteiger partial charge in [0.15, 0.2) is 23.2 Å². The fraction of sp³-hybridized carbons (Fsp3) is 0.250. The zero-order chi connectivity index (χ0) is 30.8. The summed E-state index contributed by atoms with van der Waals surface area (Å²) in [6.07, 6.45) is 1.50. The van der Waals surface area contributed by atoms with E-state index < -0.39 is 17.9 Å². The molecule has 1 aliphatic heterocycles. The number of nitrogens with one attached hydrogen (secondary N) is 3. The number of aryl methyl sites for hydroxylation is 1. The van der Waals surface area contributed by atoms with Gasteiger partial charge in [-0.3, -0.25) is 4.79 Å². The maximum atomic E-state index is 12.7. The van der Waals surface area contributed by atoms with Crippen molar-refractivity contribution in [2.75, 3.05) is 20.3 Å². The number of hydrogen-bond donors (Lipinski definition) is 3. The van der Waals surface area contributed by atoms with E-state index in [1.165, 1.54) is 6.21 Å². The largest absolute Gasteiger partial charge is 0.493 e. The van der Waals surface area contributed by atoms with Crippen molar-refractivity contribution >= 4 is 35.4 Å². The molecule has 3 N–H and O–H groups in total. The third-order valence-corrected chi connectivity index (χ3v) is 6.64. The van der Waals surface area contributed by atoms with Crippen LogP contribution in [0.1, 0.15) is 42.1 Å². The van der Waals surface area contributed by atoms with Gasteiger partial charge in [0.05, 0.1) is 31.5 Å². The van der Waals surface area contributed by atoms with E-state index in [9.17, 15) is 9.59 Å². The first kappa shape index (κ1) is 31.0. The molecule has 10 nitrogen and oxygen atoms in total. The number of nitrogens with zero attached hydrogens (tertiary/aromatic N) is 1. The minimum atomic E-state index is -0.621. The summed E-state index contributed by atoms with van der Waals surface area (Å²) in [7, 11) is 1.56. The van der Waals surface area contributed by atoms with Crippen molar-refractivity contribution in [3.05, 3.63) is 100 Å². The van der Waals surface area contributed by atoms with Crippen LogP contribution < -0.4 is 30.3 Å². The van der Waals surface area contributed by atoms with E-state index in [0.717, 1.165) is 11.1 Å². The zero-order valence-corrected chi connectivity index (χ0v) is 25.2. The van der Waals surface area contributed by atoms with Crippen LogP contribution in [0.4, 0.5) is 0 Å². The van der Waals surface area contributed by atoms with Gasteiger partial charge < -0.3 is 29.6 Å². The Bertz CT molecular complexity index is 1550. The van der Waals surface area contributed by atoms with E-state index in [-0.39, 0.29) is 13.2 Å². The normalized spacial score (nSPS) is 14.5. The Labute approximate surface area is 256 Å². The summed E-state index contributed by atoms with van der Waals surface area (Å²) in [5.74, 6) is 0.598. The van der Waals surface area contributed by atoms with E-state index >= 15 is 0 Å². The molecule has 11 heteroatoms. The molecule has 0 aromatic heterocycles. The molecule has 0 unspecified atom stereocenters. The first-order chi connectivity index (χ1) is 20.8. The summed E-state index contributed by atoms with van der Waals surface area (Å²) in [5, 5.41) is 10.5. The molecule has 43 heavy (non-hydrogen) atoms. The van der Waals surface area contributed by atoms with Crippen LogP contribution in [0.5, 0.6) is 17.2 Å². The van der Waals surface area contributed by atoms with Gasteiger partial charge in [0.2, 0.25) is 0 Å². The molecular formula is C32H34N4O6S. The van der Waals surface area contributed by atoms with Crippen LogP contribution in [-0.2, 0) is 20.9 Å². The molecule has 1 amide bonds. The van der Waals surface area contributed by atoms with Gasteiger partial charge in [-0.1, -0.05) is 48.0 Å². The lowest BCUT2D eigenvalue weighted by Gasteiger charge is -2.30. The number of rotatable bonds is 12. The van der Waals surface area contributed by atoms with Crippen molar-refractivity contribution in [3.8, 4) is 17.2 Å². The van der Waals surface area contributed by atoms with Gasteiger partial charge in [-0.25, -0.2) is 10.2 Å². The summed E-state index contributed by atoms with van der Waals surface area (Å²) >= 11 is 5.32. The molecule has 0 aliphatic carbocycles. The Morgan fingerprint density at radius 1 is 1.00 bits per heavy atom. The Kier molecular flexibility index (Phi) is 10.7. The van der Waals surface area contributed by atoms with Crippen molar-refractivity contribution in [3.63, 3.8) is 0 Å². The van der Waals surface area contributed by atoms with Crippen LogP contribution in [0.2, 0.25) is 0 Å². The smallest absolute Gasteiger partial charge is 0.338 e. The number of carbonyl (C=O) groups is 2. The second-order valence-corrected chi connectivity index (χ2v) is 10.0. The van der Waals surface area contributed by atoms with Gasteiger partial charge in [0, 0.05) is 11.3 Å². The molecule has 3 aromatic carbocycles. The lowest BCUT2D eigenvalue weighted by molar-refractivity contribution is -0.139. The molecule has 0 fully saturated rings. The third kappa shape index (κ3) is 8.32. The Hall–Kier alpha value is -4.90. The summed E-state index contributed by atoms with van der Waals surface area (Å²) in [4.78, 5) is 25.3. The van der Waals surface area contributed by atoms with Crippen molar-refractivity contribution in [2.24, 2.45) is 5.10 Å². The van der Waals surface area contributed by atoms with Gasteiger partial charge >= 0.3 is 5.97 Å². The van der Waals surface area contributed by atoms with Crippen LogP contribution >= 0.6 is 12.2 Å². The van der Waals surface area contributed by atoms with Crippen LogP contribution in [0.25, 0.3) is 0 Å². The number of carbonyl (C=O) groups excluding carboxylic acids is 2. The minimum Gasteiger partial charge on any atom is -0.493 e. The highest BCUT2D eigenvalue weighted by atomic mass is 32.1. The van der Waals surface area contributed by atoms with Crippen LogP contribution in [0, 0.1) is 6.92 Å². The van der Waals surface area contributed by atoms with Crippen molar-refractivity contribution < 1.29 is 28.5 Å². The minimum absolute atomic E-state index is 0.227. The molecule has 224 valence electrons. The molecule has 0 radical (unpaired) electrons. The highest BCUT2D eigenvalue weighted by molar-refractivity contribution is 7.80. The summed E-state index contributed by atoms with van der Waals surface area (Å²) in [6, 6.07) is 19.9. The molecular weight excluding hydrogens is 568 g/mol. The highest BCUT2D eigenvalue weighted by Gasteiger charge is 2.32. The molecule has 0 saturated heterocycles. The van der Waals surface area contributed by atoms with E-state index in [0.29, 0.717) is 51.4 Å². The topological polar surface area (TPSA) is 120 Å². The van der Waals surface area contributed by atoms with Gasteiger partial charge in [-0.15, -0.1) is 0 Å². The van der Waals surface area contributed by atoms with Crippen LogP contribution in [-0.4, -0.2) is 43.5 Å². The SMILES string of the molecule is CCOC(=O)C1=C(C)NC(=S)N[C@H]1c1ccccc1OCC(=O)NN=Cc1ccc(OCc2cccc(C)c2)c(OC)c1. The zero-order valence-electron chi connectivity index (χ0n) is 24.4. The van der Waals surface area contributed by atoms with E-state index in [1.54, 1.807) is 51.3 Å². The fourth-order valence-electron chi connectivity index (χ4n) is 4.46. The number of benzene rings is 3. The number of esters is 1. The van der Waals surface area contributed by atoms with Crippen molar-refractivity contribution in [2.45, 2.75) is 33.4 Å². The number of thiocarbonyl (C=S) groups is 1.